The lowest BCUT2D eigenvalue weighted by Gasteiger charge is -2.21. The predicted octanol–water partition coefficient (Wildman–Crippen LogP) is 26.0. The summed E-state index contributed by atoms with van der Waals surface area (Å²) in [5.41, 5.74) is 8.19. The van der Waals surface area contributed by atoms with Gasteiger partial charge in [0.2, 0.25) is 0 Å². The van der Waals surface area contributed by atoms with E-state index in [9.17, 15) is 40.9 Å². The smallest absolute Gasteiger partial charge is 0.123 e. The van der Waals surface area contributed by atoms with Crippen molar-refractivity contribution < 1.29 is 45.6 Å². The Balaban J connectivity index is 0.000000586. The van der Waals surface area contributed by atoms with Crippen LogP contribution in [0.5, 0.6) is 51.7 Å². The molecule has 0 atom stereocenters. The maximum absolute atomic E-state index is 9.38. The molecular formula is C92H122N2O9S. The van der Waals surface area contributed by atoms with E-state index in [-0.39, 0.29) is 46.0 Å². The van der Waals surface area contributed by atoms with Crippen molar-refractivity contribution in [2.45, 2.75) is 153 Å². The van der Waals surface area contributed by atoms with Gasteiger partial charge in [0.05, 0.1) is 7.11 Å². The Morgan fingerprint density at radius 2 is 0.481 bits per heavy atom. The van der Waals surface area contributed by atoms with Crippen molar-refractivity contribution in [2.24, 2.45) is 0 Å². The van der Waals surface area contributed by atoms with Crippen LogP contribution >= 0.6 is 11.8 Å². The molecule has 0 aliphatic heterocycles. The summed E-state index contributed by atoms with van der Waals surface area (Å²) in [7, 11) is 5.80. The van der Waals surface area contributed by atoms with Crippen molar-refractivity contribution in [1.82, 2.24) is 0 Å². The fourth-order valence-corrected chi connectivity index (χ4v) is 10.3. The summed E-state index contributed by atoms with van der Waals surface area (Å²) < 4.78 is 5.05. The van der Waals surface area contributed by atoms with Gasteiger partial charge in [0.15, 0.2) is 0 Å². The second-order valence-corrected chi connectivity index (χ2v) is 24.9. The predicted molar refractivity (Wildman–Crippen MR) is 453 cm³/mol. The van der Waals surface area contributed by atoms with Crippen LogP contribution in [-0.4, -0.2) is 81.4 Å². The Morgan fingerprint density at radius 1 is 0.288 bits per heavy atom. The molecule has 12 aromatic rings. The van der Waals surface area contributed by atoms with Crippen molar-refractivity contribution in [3.05, 3.63) is 265 Å². The fraction of sp³-hybridized carbons (Fsp3) is 0.304. The molecule has 12 aromatic carbocycles. The van der Waals surface area contributed by atoms with Crippen LogP contribution in [-0.2, 0) is 0 Å². The maximum atomic E-state index is 9.38. The highest BCUT2D eigenvalue weighted by molar-refractivity contribution is 7.98. The van der Waals surface area contributed by atoms with Gasteiger partial charge in [0.1, 0.15) is 51.7 Å². The molecule has 0 aliphatic rings. The van der Waals surface area contributed by atoms with E-state index in [4.69, 9.17) is 4.74 Å². The summed E-state index contributed by atoms with van der Waals surface area (Å²) in [5, 5.41) is 80.5. The molecule has 0 heterocycles. The summed E-state index contributed by atoms with van der Waals surface area (Å²) in [6, 6.07) is 75.2. The molecule has 11 nitrogen and oxygen atoms in total. The van der Waals surface area contributed by atoms with Gasteiger partial charge in [-0.3, -0.25) is 0 Å². The molecule has 0 radical (unpaired) electrons. The molecule has 0 spiro atoms. The van der Waals surface area contributed by atoms with E-state index in [1.54, 1.807) is 164 Å². The Kier molecular flexibility index (Phi) is 45.1. The number of anilines is 2. The van der Waals surface area contributed by atoms with Gasteiger partial charge in [-0.05, 0) is 163 Å². The van der Waals surface area contributed by atoms with Crippen molar-refractivity contribution in [2.75, 3.05) is 50.4 Å². The number of phenols is 8. The van der Waals surface area contributed by atoms with Crippen LogP contribution in [0, 0.1) is 0 Å². The average Bonchev–Trinajstić information content (AvgIpc) is 0.840. The lowest BCUT2D eigenvalue weighted by atomic mass is 10.0. The van der Waals surface area contributed by atoms with Crippen LogP contribution < -0.4 is 14.5 Å². The number of aromatic hydroxyl groups is 8. The number of thioether (sulfide) groups is 1. The van der Waals surface area contributed by atoms with Gasteiger partial charge in [-0.15, -0.1) is 11.8 Å². The number of hydrogen-bond acceptors (Lipinski definition) is 12. The van der Waals surface area contributed by atoms with E-state index in [1.165, 1.54) is 38.5 Å². The van der Waals surface area contributed by atoms with E-state index < -0.39 is 0 Å². The zero-order valence-electron chi connectivity index (χ0n) is 66.1. The van der Waals surface area contributed by atoms with Gasteiger partial charge in [-0.1, -0.05) is 256 Å². The Bertz CT molecular complexity index is 3670. The van der Waals surface area contributed by atoms with Crippen molar-refractivity contribution >= 4 is 66.2 Å². The topological polar surface area (TPSA) is 178 Å². The minimum atomic E-state index is 0.198. The van der Waals surface area contributed by atoms with E-state index in [0.29, 0.717) is 66.8 Å². The summed E-state index contributed by atoms with van der Waals surface area (Å²) in [4.78, 5) is 5.82. The zero-order valence-corrected chi connectivity index (χ0v) is 66.9. The number of rotatable bonds is 10. The minimum Gasteiger partial charge on any atom is -0.507 e. The summed E-state index contributed by atoms with van der Waals surface area (Å²) >= 11 is 1.79. The number of nitrogens with zero attached hydrogens (tertiary/aromatic N) is 2. The first-order chi connectivity index (χ1) is 49.9. The fourth-order valence-electron chi connectivity index (χ4n) is 9.90. The summed E-state index contributed by atoms with van der Waals surface area (Å²) in [5.74, 6) is 5.00. The van der Waals surface area contributed by atoms with Crippen molar-refractivity contribution in [3.8, 4) is 51.7 Å². The Labute approximate surface area is 628 Å². The monoisotopic (exact) mass is 1430 g/mol. The molecule has 0 unspecified atom stereocenters. The highest BCUT2D eigenvalue weighted by Crippen LogP contribution is 2.34. The molecule has 104 heavy (non-hydrogen) atoms. The normalized spacial score (nSPS) is 9.83. The standard InChI is InChI=1S/C13H21N.C11H17N.4C10H8O2.C10H14O.C10H14S.4C2H6/c1-5-14(6-2)13-9-7-12(8-10-13)11(3)4;1-9(2)10-5-7-11(8-6-10)12(3)4;4*11-9-5-1-3-7-8(9)4-2-6-10(7)12;2*1-8(2)9-4-6-10(11-3)7-5-9;4*1-2/h7-11H,5-6H2,1-4H3;5-9H,1-4H3;4*1-6,11-12H;2*4-8H,1-3H3;4*1-2H3. The summed E-state index contributed by atoms with van der Waals surface area (Å²) in [6.07, 6.45) is 2.10. The lowest BCUT2D eigenvalue weighted by Crippen LogP contribution is -2.21. The van der Waals surface area contributed by atoms with Gasteiger partial charge in [0, 0.05) is 86.5 Å². The van der Waals surface area contributed by atoms with Gasteiger partial charge in [-0.25, -0.2) is 0 Å². The molecule has 0 saturated carbocycles. The molecule has 560 valence electrons. The molecule has 12 heteroatoms. The molecule has 0 aromatic heterocycles. The van der Waals surface area contributed by atoms with Gasteiger partial charge < -0.3 is 55.4 Å². The largest absolute Gasteiger partial charge is 0.507 e. The van der Waals surface area contributed by atoms with Crippen molar-refractivity contribution in [1.29, 1.82) is 0 Å². The number of hydrogen-bond donors (Lipinski definition) is 8. The van der Waals surface area contributed by atoms with Crippen LogP contribution in [0.3, 0.4) is 0 Å². The SMILES string of the molecule is CC.CC.CC.CC.CC(C)c1ccc(N(C)C)cc1.CCN(CC)c1ccc(C(C)C)cc1.COc1ccc(C(C)C)cc1.CSc1ccc(C(C)C)cc1.Oc1cccc2c(O)cccc12.Oc1cccc2c(O)cccc12.Oc1cccc2c(O)cccc12.Oc1cccc2c(O)cccc12. The number of fused-ring (bicyclic) bond motifs is 4. The number of ether oxygens (including phenoxy) is 1. The molecule has 0 bridgehead atoms. The van der Waals surface area contributed by atoms with E-state index in [0.717, 1.165) is 18.8 Å². The third-order valence-electron chi connectivity index (χ3n) is 15.8. The van der Waals surface area contributed by atoms with Gasteiger partial charge >= 0.3 is 0 Å². The molecule has 0 amide bonds. The number of phenolic OH excluding ortho intramolecular Hbond substituents is 8. The van der Waals surface area contributed by atoms with E-state index >= 15 is 0 Å². The molecule has 0 saturated heterocycles. The molecule has 0 aliphatic carbocycles. The first kappa shape index (κ1) is 91.8. The van der Waals surface area contributed by atoms with Crippen molar-refractivity contribution in [3.63, 3.8) is 0 Å². The highest BCUT2D eigenvalue weighted by Gasteiger charge is 2.07. The van der Waals surface area contributed by atoms with Crippen LogP contribution in [0.25, 0.3) is 43.1 Å². The average molecular weight is 1430 g/mol. The Hall–Kier alpha value is -10.2. The maximum Gasteiger partial charge on any atom is 0.123 e. The van der Waals surface area contributed by atoms with E-state index in [2.05, 4.69) is 184 Å². The number of benzene rings is 12. The first-order valence-electron chi connectivity index (χ1n) is 36.4. The van der Waals surface area contributed by atoms with Crippen LogP contribution in [0.15, 0.2) is 248 Å². The lowest BCUT2D eigenvalue weighted by molar-refractivity contribution is 0.414. The second kappa shape index (κ2) is 51.1. The van der Waals surface area contributed by atoms with Gasteiger partial charge in [0.25, 0.3) is 0 Å². The zero-order chi connectivity index (χ0) is 78.4. The highest BCUT2D eigenvalue weighted by atomic mass is 32.2. The van der Waals surface area contributed by atoms with E-state index in [1.807, 2.05) is 67.5 Å². The minimum absolute atomic E-state index is 0.198. The third kappa shape index (κ3) is 30.4. The first-order valence-corrected chi connectivity index (χ1v) is 37.6. The molecule has 8 N–H and O–H groups in total. The van der Waals surface area contributed by atoms with Gasteiger partial charge in [-0.2, -0.15) is 0 Å². The summed E-state index contributed by atoms with van der Waals surface area (Å²) in [6.45, 7) is 40.2. The quantitative estimate of drug-likeness (QED) is 0.0609. The Morgan fingerprint density at radius 3 is 0.654 bits per heavy atom. The molecule has 12 rings (SSSR count). The van der Waals surface area contributed by atoms with Crippen LogP contribution in [0.4, 0.5) is 11.4 Å². The van der Waals surface area contributed by atoms with Crippen LogP contribution in [0.2, 0.25) is 0 Å². The second-order valence-electron chi connectivity index (χ2n) is 24.0. The number of methoxy groups -OCH3 is 1. The third-order valence-corrected chi connectivity index (χ3v) is 16.6. The molecule has 0 fully saturated rings. The molecular weight excluding hydrogens is 1310 g/mol. The van der Waals surface area contributed by atoms with Crippen LogP contribution in [0.1, 0.15) is 171 Å².